The van der Waals surface area contributed by atoms with Gasteiger partial charge in [-0.25, -0.2) is 4.98 Å². The lowest BCUT2D eigenvalue weighted by Crippen LogP contribution is -2.15. The number of anilines is 1. The minimum absolute atomic E-state index is 0.0843. The summed E-state index contributed by atoms with van der Waals surface area (Å²) in [5, 5.41) is 9.26. The van der Waals surface area contributed by atoms with E-state index < -0.39 is 6.61 Å². The second-order valence-electron chi connectivity index (χ2n) is 5.54. The van der Waals surface area contributed by atoms with Crippen LogP contribution in [-0.4, -0.2) is 27.3 Å². The van der Waals surface area contributed by atoms with Crippen LogP contribution in [0.15, 0.2) is 35.8 Å². The molecule has 10 heteroatoms. The number of benzene rings is 1. The summed E-state index contributed by atoms with van der Waals surface area (Å²) < 4.78 is 31.5. The van der Waals surface area contributed by atoms with Crippen molar-refractivity contribution in [2.24, 2.45) is 0 Å². The second kappa shape index (κ2) is 8.74. The molecule has 2 heterocycles. The van der Waals surface area contributed by atoms with Crippen molar-refractivity contribution in [1.29, 1.82) is 0 Å². The maximum absolute atomic E-state index is 12.2. The monoisotopic (exact) mass is 504 g/mol. The number of carbonyl (C=O) groups excluding carboxylic acids is 1. The standard InChI is InChI=1S/C17H15F2IN4O2S/c1-10-13(20)8-21-24(10)7-6-15(25)23-17-22-14(9-27-17)11-2-4-12(5-3-11)26-16(18)19/h2-5,8-9,16H,6-7H2,1H3,(H,22,23,25). The van der Waals surface area contributed by atoms with Crippen LogP contribution < -0.4 is 10.1 Å². The molecule has 0 aliphatic carbocycles. The van der Waals surface area contributed by atoms with Crippen molar-refractivity contribution in [2.75, 3.05) is 5.32 Å². The van der Waals surface area contributed by atoms with Crippen LogP contribution in [0.1, 0.15) is 12.1 Å². The number of thiazole rings is 1. The first-order valence-electron chi connectivity index (χ1n) is 7.91. The average Bonchev–Trinajstić information content (AvgIpc) is 3.21. The number of hydrogen-bond acceptors (Lipinski definition) is 5. The lowest BCUT2D eigenvalue weighted by molar-refractivity contribution is -0.116. The summed E-state index contributed by atoms with van der Waals surface area (Å²) in [6.07, 6.45) is 2.05. The van der Waals surface area contributed by atoms with Crippen LogP contribution >= 0.6 is 33.9 Å². The molecule has 2 aromatic heterocycles. The first-order chi connectivity index (χ1) is 12.9. The van der Waals surface area contributed by atoms with Gasteiger partial charge in [0.15, 0.2) is 5.13 Å². The second-order valence-corrected chi connectivity index (χ2v) is 7.56. The number of alkyl halides is 2. The Hall–Kier alpha value is -2.08. The van der Waals surface area contributed by atoms with E-state index in [9.17, 15) is 13.6 Å². The van der Waals surface area contributed by atoms with E-state index in [1.165, 1.54) is 23.5 Å². The fraction of sp³-hybridized carbons (Fsp3) is 0.235. The smallest absolute Gasteiger partial charge is 0.387 e. The molecule has 0 atom stereocenters. The van der Waals surface area contributed by atoms with Crippen LogP contribution in [0.5, 0.6) is 5.75 Å². The van der Waals surface area contributed by atoms with Gasteiger partial charge in [0.1, 0.15) is 5.75 Å². The molecule has 0 aliphatic heterocycles. The van der Waals surface area contributed by atoms with Gasteiger partial charge in [0, 0.05) is 23.1 Å². The summed E-state index contributed by atoms with van der Waals surface area (Å²) in [5.74, 6) is -0.0671. The van der Waals surface area contributed by atoms with Crippen molar-refractivity contribution in [3.63, 3.8) is 0 Å². The van der Waals surface area contributed by atoms with E-state index in [2.05, 4.69) is 42.7 Å². The number of rotatable bonds is 7. The molecule has 6 nitrogen and oxygen atoms in total. The number of nitrogens with one attached hydrogen (secondary N) is 1. The number of halogens is 3. The van der Waals surface area contributed by atoms with Crippen molar-refractivity contribution < 1.29 is 18.3 Å². The fourth-order valence-electron chi connectivity index (χ4n) is 2.31. The summed E-state index contributed by atoms with van der Waals surface area (Å²) in [6.45, 7) is -0.409. The van der Waals surface area contributed by atoms with E-state index in [1.54, 1.807) is 28.4 Å². The number of amides is 1. The molecule has 0 radical (unpaired) electrons. The molecular formula is C17H15F2IN4O2S. The maximum atomic E-state index is 12.2. The van der Waals surface area contributed by atoms with Gasteiger partial charge in [0.2, 0.25) is 5.91 Å². The van der Waals surface area contributed by atoms with Gasteiger partial charge < -0.3 is 10.1 Å². The highest BCUT2D eigenvalue weighted by Gasteiger charge is 2.11. The number of hydrogen-bond donors (Lipinski definition) is 1. The fourth-order valence-corrected chi connectivity index (χ4v) is 3.45. The summed E-state index contributed by atoms with van der Waals surface area (Å²) in [6, 6.07) is 6.18. The number of aryl methyl sites for hydroxylation is 1. The van der Waals surface area contributed by atoms with Crippen molar-refractivity contribution in [3.05, 3.63) is 45.1 Å². The highest BCUT2D eigenvalue weighted by molar-refractivity contribution is 14.1. The number of carbonyl (C=O) groups is 1. The van der Waals surface area contributed by atoms with Crippen LogP contribution in [0, 0.1) is 10.5 Å². The molecule has 0 unspecified atom stereocenters. The molecule has 0 saturated heterocycles. The Balaban J connectivity index is 1.57. The quantitative estimate of drug-likeness (QED) is 0.480. The van der Waals surface area contributed by atoms with Crippen molar-refractivity contribution in [2.45, 2.75) is 26.5 Å². The van der Waals surface area contributed by atoms with E-state index in [4.69, 9.17) is 0 Å². The van der Waals surface area contributed by atoms with Gasteiger partial charge >= 0.3 is 6.61 Å². The van der Waals surface area contributed by atoms with Crippen molar-refractivity contribution in [1.82, 2.24) is 14.8 Å². The van der Waals surface area contributed by atoms with Gasteiger partial charge in [-0.1, -0.05) is 0 Å². The van der Waals surface area contributed by atoms with Gasteiger partial charge in [0.25, 0.3) is 0 Å². The van der Waals surface area contributed by atoms with E-state index >= 15 is 0 Å². The van der Waals surface area contributed by atoms with E-state index in [0.717, 1.165) is 14.8 Å². The molecule has 3 aromatic rings. The van der Waals surface area contributed by atoms with Crippen LogP contribution in [0.25, 0.3) is 11.3 Å². The molecule has 0 spiro atoms. The third-order valence-electron chi connectivity index (χ3n) is 3.72. The minimum atomic E-state index is -2.86. The molecular weight excluding hydrogens is 489 g/mol. The predicted octanol–water partition coefficient (Wildman–Crippen LogP) is 4.55. The SMILES string of the molecule is Cc1c(I)cnn1CCC(=O)Nc1nc(-c2ccc(OC(F)F)cc2)cs1. The van der Waals surface area contributed by atoms with E-state index in [-0.39, 0.29) is 18.1 Å². The van der Waals surface area contributed by atoms with Gasteiger partial charge in [0.05, 0.1) is 22.0 Å². The lowest BCUT2D eigenvalue weighted by Gasteiger charge is -2.05. The first-order valence-corrected chi connectivity index (χ1v) is 9.87. The van der Waals surface area contributed by atoms with Crippen LogP contribution in [-0.2, 0) is 11.3 Å². The molecule has 0 aliphatic rings. The topological polar surface area (TPSA) is 69.0 Å². The molecule has 0 fully saturated rings. The van der Waals surface area contributed by atoms with E-state index in [0.29, 0.717) is 17.4 Å². The normalized spacial score (nSPS) is 11.0. The van der Waals surface area contributed by atoms with Crippen LogP contribution in [0.4, 0.5) is 13.9 Å². The van der Waals surface area contributed by atoms with Gasteiger partial charge in [-0.05, 0) is 53.8 Å². The third kappa shape index (κ3) is 5.22. The highest BCUT2D eigenvalue weighted by atomic mass is 127. The maximum Gasteiger partial charge on any atom is 0.387 e. The number of nitrogens with zero attached hydrogens (tertiary/aromatic N) is 3. The molecule has 3 rings (SSSR count). The van der Waals surface area contributed by atoms with Gasteiger partial charge in [-0.15, -0.1) is 11.3 Å². The summed E-state index contributed by atoms with van der Waals surface area (Å²) in [4.78, 5) is 16.5. The van der Waals surface area contributed by atoms with Gasteiger partial charge in [-0.3, -0.25) is 9.48 Å². The summed E-state index contributed by atoms with van der Waals surface area (Å²) in [5.41, 5.74) is 2.42. The molecule has 0 saturated carbocycles. The zero-order valence-corrected chi connectivity index (χ0v) is 17.1. The Kier molecular flexibility index (Phi) is 6.37. The Morgan fingerprint density at radius 3 is 2.74 bits per heavy atom. The first kappa shape index (κ1) is 19.7. The lowest BCUT2D eigenvalue weighted by atomic mass is 10.2. The van der Waals surface area contributed by atoms with Gasteiger partial charge in [-0.2, -0.15) is 13.9 Å². The van der Waals surface area contributed by atoms with E-state index in [1.807, 2.05) is 6.92 Å². The Morgan fingerprint density at radius 1 is 1.37 bits per heavy atom. The average molecular weight is 504 g/mol. The van der Waals surface area contributed by atoms with Crippen molar-refractivity contribution in [3.8, 4) is 17.0 Å². The van der Waals surface area contributed by atoms with Crippen molar-refractivity contribution >= 4 is 45.0 Å². The molecule has 27 heavy (non-hydrogen) atoms. The molecule has 0 bridgehead atoms. The molecule has 1 N–H and O–H groups in total. The molecule has 142 valence electrons. The Morgan fingerprint density at radius 2 is 2.11 bits per heavy atom. The summed E-state index contributed by atoms with van der Waals surface area (Å²) >= 11 is 3.50. The largest absolute Gasteiger partial charge is 0.435 e. The summed E-state index contributed by atoms with van der Waals surface area (Å²) in [7, 11) is 0. The number of ether oxygens (including phenoxy) is 1. The Bertz CT molecular complexity index is 927. The highest BCUT2D eigenvalue weighted by Crippen LogP contribution is 2.27. The molecule has 1 amide bonds. The minimum Gasteiger partial charge on any atom is -0.435 e. The zero-order chi connectivity index (χ0) is 19.4. The zero-order valence-electron chi connectivity index (χ0n) is 14.2. The molecule has 1 aromatic carbocycles. The van der Waals surface area contributed by atoms with Crippen LogP contribution in [0.2, 0.25) is 0 Å². The van der Waals surface area contributed by atoms with Crippen LogP contribution in [0.3, 0.4) is 0 Å². The Labute approximate surface area is 171 Å². The number of aromatic nitrogens is 3. The third-order valence-corrected chi connectivity index (χ3v) is 5.54. The predicted molar refractivity (Wildman–Crippen MR) is 107 cm³/mol.